The number of nitrogens with zero attached hydrogens (tertiary/aromatic N) is 3. The zero-order valence-electron chi connectivity index (χ0n) is 12.1. The van der Waals surface area contributed by atoms with Gasteiger partial charge in [-0.15, -0.1) is 0 Å². The standard InChI is InChI=1S/C12H22N4O3S2/c1-15(5-2-8-17)10-3-6-16(7-4-10)12-14-9-11(20-12)21(13,18)19/h9-10,17H,2-8H2,1H3,(H2,13,18,19). The van der Waals surface area contributed by atoms with E-state index in [9.17, 15) is 8.42 Å². The minimum atomic E-state index is -3.66. The summed E-state index contributed by atoms with van der Waals surface area (Å²) in [7, 11) is -1.58. The van der Waals surface area contributed by atoms with Crippen molar-refractivity contribution in [3.05, 3.63) is 6.20 Å². The average Bonchev–Trinajstić information content (AvgIpc) is 2.95. The molecule has 1 saturated heterocycles. The molecule has 7 nitrogen and oxygen atoms in total. The second kappa shape index (κ2) is 7.01. The van der Waals surface area contributed by atoms with Gasteiger partial charge in [0.25, 0.3) is 0 Å². The summed E-state index contributed by atoms with van der Waals surface area (Å²) in [5.41, 5.74) is 0. The molecule has 1 aliphatic rings. The number of hydrogen-bond acceptors (Lipinski definition) is 7. The molecule has 2 heterocycles. The van der Waals surface area contributed by atoms with E-state index in [1.807, 2.05) is 0 Å². The van der Waals surface area contributed by atoms with Crippen LogP contribution in [-0.2, 0) is 10.0 Å². The van der Waals surface area contributed by atoms with E-state index in [2.05, 4.69) is 21.8 Å². The summed E-state index contributed by atoms with van der Waals surface area (Å²) >= 11 is 1.13. The highest BCUT2D eigenvalue weighted by Gasteiger charge is 2.24. The predicted octanol–water partition coefficient (Wildman–Crippen LogP) is 0.0735. The summed E-state index contributed by atoms with van der Waals surface area (Å²) < 4.78 is 22.7. The van der Waals surface area contributed by atoms with E-state index in [4.69, 9.17) is 10.2 Å². The van der Waals surface area contributed by atoms with Crippen molar-refractivity contribution < 1.29 is 13.5 Å². The molecule has 1 aromatic heterocycles. The molecule has 3 N–H and O–H groups in total. The van der Waals surface area contributed by atoms with E-state index in [1.165, 1.54) is 6.20 Å². The SMILES string of the molecule is CN(CCCO)C1CCN(c2ncc(S(N)(=O)=O)s2)CC1. The molecule has 9 heteroatoms. The first-order valence-corrected chi connectivity index (χ1v) is 9.33. The highest BCUT2D eigenvalue weighted by atomic mass is 32.2. The number of aromatic nitrogens is 1. The predicted molar refractivity (Wildman–Crippen MR) is 83.1 cm³/mol. The van der Waals surface area contributed by atoms with Crippen molar-refractivity contribution in [1.82, 2.24) is 9.88 Å². The van der Waals surface area contributed by atoms with E-state index in [0.29, 0.717) is 6.04 Å². The second-order valence-electron chi connectivity index (χ2n) is 5.28. The minimum Gasteiger partial charge on any atom is -0.396 e. The molecule has 1 fully saturated rings. The number of nitrogens with two attached hydrogens (primary N) is 1. The first kappa shape index (κ1) is 16.6. The van der Waals surface area contributed by atoms with Gasteiger partial charge in [-0.05, 0) is 26.3 Å². The van der Waals surface area contributed by atoms with Crippen LogP contribution in [0.5, 0.6) is 0 Å². The van der Waals surface area contributed by atoms with Crippen molar-refractivity contribution in [2.24, 2.45) is 5.14 Å². The Balaban J connectivity index is 1.90. The van der Waals surface area contributed by atoms with E-state index >= 15 is 0 Å². The topological polar surface area (TPSA) is 99.8 Å². The Morgan fingerprint density at radius 1 is 1.52 bits per heavy atom. The van der Waals surface area contributed by atoms with Gasteiger partial charge in [0.2, 0.25) is 10.0 Å². The Morgan fingerprint density at radius 3 is 2.71 bits per heavy atom. The van der Waals surface area contributed by atoms with Gasteiger partial charge in [0.1, 0.15) is 0 Å². The summed E-state index contributed by atoms with van der Waals surface area (Å²) in [5, 5.41) is 14.7. The number of anilines is 1. The molecule has 0 bridgehead atoms. The molecule has 0 saturated carbocycles. The fourth-order valence-electron chi connectivity index (χ4n) is 2.53. The number of thiazole rings is 1. The van der Waals surface area contributed by atoms with Gasteiger partial charge in [-0.2, -0.15) is 0 Å². The highest BCUT2D eigenvalue weighted by molar-refractivity contribution is 7.91. The molecule has 0 aromatic carbocycles. The van der Waals surface area contributed by atoms with E-state index in [-0.39, 0.29) is 10.8 Å². The van der Waals surface area contributed by atoms with Crippen LogP contribution < -0.4 is 10.0 Å². The number of rotatable bonds is 6. The van der Waals surface area contributed by atoms with Gasteiger partial charge in [-0.25, -0.2) is 18.5 Å². The monoisotopic (exact) mass is 334 g/mol. The van der Waals surface area contributed by atoms with E-state index in [1.54, 1.807) is 0 Å². The van der Waals surface area contributed by atoms with E-state index in [0.717, 1.165) is 55.4 Å². The van der Waals surface area contributed by atoms with Crippen molar-refractivity contribution in [2.75, 3.05) is 38.2 Å². The van der Waals surface area contributed by atoms with Gasteiger partial charge in [0.05, 0.1) is 6.20 Å². The zero-order chi connectivity index (χ0) is 15.5. The summed E-state index contributed by atoms with van der Waals surface area (Å²) in [6, 6.07) is 0.505. The molecular formula is C12H22N4O3S2. The number of sulfonamides is 1. The molecule has 2 rings (SSSR count). The Labute approximate surface area is 129 Å². The molecule has 0 spiro atoms. The first-order valence-electron chi connectivity index (χ1n) is 6.96. The normalized spacial score (nSPS) is 17.6. The minimum absolute atomic E-state index is 0.111. The summed E-state index contributed by atoms with van der Waals surface area (Å²) in [6.45, 7) is 2.82. The van der Waals surface area contributed by atoms with Crippen LogP contribution >= 0.6 is 11.3 Å². The molecule has 0 radical (unpaired) electrons. The Morgan fingerprint density at radius 2 is 2.19 bits per heavy atom. The molecular weight excluding hydrogens is 312 g/mol. The lowest BCUT2D eigenvalue weighted by Gasteiger charge is -2.36. The second-order valence-corrected chi connectivity index (χ2v) is 8.08. The Kier molecular flexibility index (Phi) is 5.55. The number of hydrogen-bond donors (Lipinski definition) is 2. The zero-order valence-corrected chi connectivity index (χ0v) is 13.7. The number of primary sulfonamides is 1. The lowest BCUT2D eigenvalue weighted by Crippen LogP contribution is -2.43. The third-order valence-electron chi connectivity index (χ3n) is 3.78. The van der Waals surface area contributed by atoms with Crippen molar-refractivity contribution >= 4 is 26.5 Å². The van der Waals surface area contributed by atoms with Crippen LogP contribution in [0.15, 0.2) is 10.4 Å². The maximum atomic E-state index is 11.3. The summed E-state index contributed by atoms with van der Waals surface area (Å²) in [4.78, 5) is 8.55. The lowest BCUT2D eigenvalue weighted by molar-refractivity contribution is 0.184. The number of aliphatic hydroxyl groups excluding tert-OH is 1. The van der Waals surface area contributed by atoms with Crippen LogP contribution in [0.25, 0.3) is 0 Å². The highest BCUT2D eigenvalue weighted by Crippen LogP contribution is 2.28. The fraction of sp³-hybridized carbons (Fsp3) is 0.750. The first-order chi connectivity index (χ1) is 9.91. The molecule has 0 aliphatic carbocycles. The molecule has 0 unspecified atom stereocenters. The van der Waals surface area contributed by atoms with Crippen molar-refractivity contribution in [3.63, 3.8) is 0 Å². The van der Waals surface area contributed by atoms with Crippen LogP contribution in [-0.4, -0.2) is 62.7 Å². The van der Waals surface area contributed by atoms with Crippen molar-refractivity contribution in [2.45, 2.75) is 29.5 Å². The number of aliphatic hydroxyl groups is 1. The molecule has 0 atom stereocenters. The molecule has 0 amide bonds. The van der Waals surface area contributed by atoms with Gasteiger partial charge in [0, 0.05) is 32.3 Å². The average molecular weight is 334 g/mol. The third kappa shape index (κ3) is 4.36. The van der Waals surface area contributed by atoms with Crippen LogP contribution in [0.3, 0.4) is 0 Å². The molecule has 1 aromatic rings. The van der Waals surface area contributed by atoms with Crippen molar-refractivity contribution in [1.29, 1.82) is 0 Å². The largest absolute Gasteiger partial charge is 0.396 e. The Hall–Kier alpha value is -0.740. The van der Waals surface area contributed by atoms with Gasteiger partial charge in [-0.3, -0.25) is 0 Å². The van der Waals surface area contributed by atoms with Gasteiger partial charge in [0.15, 0.2) is 9.34 Å². The van der Waals surface area contributed by atoms with Gasteiger partial charge < -0.3 is 14.9 Å². The van der Waals surface area contributed by atoms with Crippen LogP contribution in [0, 0.1) is 0 Å². The summed E-state index contributed by atoms with van der Waals surface area (Å²) in [5.74, 6) is 0. The number of piperidine rings is 1. The van der Waals surface area contributed by atoms with Crippen LogP contribution in [0.2, 0.25) is 0 Å². The van der Waals surface area contributed by atoms with Gasteiger partial charge >= 0.3 is 0 Å². The third-order valence-corrected chi connectivity index (χ3v) is 6.25. The van der Waals surface area contributed by atoms with E-state index < -0.39 is 10.0 Å². The lowest BCUT2D eigenvalue weighted by atomic mass is 10.0. The fourth-order valence-corrected chi connectivity index (χ4v) is 4.12. The maximum absolute atomic E-state index is 11.3. The molecule has 1 aliphatic heterocycles. The summed E-state index contributed by atoms with van der Waals surface area (Å²) in [6.07, 6.45) is 4.13. The maximum Gasteiger partial charge on any atom is 0.249 e. The molecule has 21 heavy (non-hydrogen) atoms. The molecule has 120 valence electrons. The van der Waals surface area contributed by atoms with Crippen molar-refractivity contribution in [3.8, 4) is 0 Å². The van der Waals surface area contributed by atoms with Crippen LogP contribution in [0.4, 0.5) is 5.13 Å². The smallest absolute Gasteiger partial charge is 0.249 e. The quantitative estimate of drug-likeness (QED) is 0.764. The van der Waals surface area contributed by atoms with Crippen LogP contribution in [0.1, 0.15) is 19.3 Å². The Bertz CT molecular complexity index is 553. The van der Waals surface area contributed by atoms with Gasteiger partial charge in [-0.1, -0.05) is 11.3 Å².